The van der Waals surface area contributed by atoms with Gasteiger partial charge in [0.1, 0.15) is 0 Å². The summed E-state index contributed by atoms with van der Waals surface area (Å²) in [6.07, 6.45) is 8.47. The van der Waals surface area contributed by atoms with Gasteiger partial charge in [-0.25, -0.2) is 4.79 Å². The molecule has 1 saturated carbocycles. The van der Waals surface area contributed by atoms with Crippen LogP contribution in [0.5, 0.6) is 0 Å². The van der Waals surface area contributed by atoms with Crippen molar-refractivity contribution in [3.63, 3.8) is 0 Å². The van der Waals surface area contributed by atoms with Gasteiger partial charge in [-0.15, -0.1) is 0 Å². The molecule has 0 bridgehead atoms. The van der Waals surface area contributed by atoms with Gasteiger partial charge in [-0.1, -0.05) is 37.1 Å². The van der Waals surface area contributed by atoms with Crippen molar-refractivity contribution >= 4 is 6.08 Å². The van der Waals surface area contributed by atoms with Gasteiger partial charge in [0.25, 0.3) is 0 Å². The largest absolute Gasteiger partial charge is 0.374 e. The fourth-order valence-electron chi connectivity index (χ4n) is 3.36. The molecule has 0 aromatic heterocycles. The van der Waals surface area contributed by atoms with Gasteiger partial charge in [-0.3, -0.25) is 0 Å². The van der Waals surface area contributed by atoms with Crippen LogP contribution in [-0.4, -0.2) is 12.7 Å². The molecule has 3 nitrogen and oxygen atoms in total. The minimum atomic E-state index is -0.309. The normalized spacial score (nSPS) is 25.2. The summed E-state index contributed by atoms with van der Waals surface area (Å²) in [5, 5.41) is 0. The van der Waals surface area contributed by atoms with Crippen LogP contribution in [0.2, 0.25) is 0 Å². The number of benzene rings is 1. The second-order valence-electron chi connectivity index (χ2n) is 5.57. The van der Waals surface area contributed by atoms with Gasteiger partial charge in [0.15, 0.2) is 0 Å². The molecule has 2 fully saturated rings. The van der Waals surface area contributed by atoms with Gasteiger partial charge >= 0.3 is 0 Å². The Morgan fingerprint density at radius 2 is 1.89 bits per heavy atom. The maximum atomic E-state index is 10.7. The van der Waals surface area contributed by atoms with Crippen LogP contribution in [0.15, 0.2) is 29.3 Å². The highest BCUT2D eigenvalue weighted by molar-refractivity contribution is 5.39. The van der Waals surface area contributed by atoms with Crippen LogP contribution < -0.4 is 0 Å². The minimum absolute atomic E-state index is 0.253. The van der Waals surface area contributed by atoms with Crippen LogP contribution in [-0.2, 0) is 15.1 Å². The van der Waals surface area contributed by atoms with E-state index in [1.807, 2.05) is 0 Å². The first kappa shape index (κ1) is 12.6. The van der Waals surface area contributed by atoms with E-state index in [1.54, 1.807) is 6.08 Å². The minimum Gasteiger partial charge on any atom is -0.374 e. The van der Waals surface area contributed by atoms with Crippen molar-refractivity contribution in [1.29, 1.82) is 0 Å². The summed E-state index contributed by atoms with van der Waals surface area (Å²) < 4.78 is 5.69. The first-order valence-corrected chi connectivity index (χ1v) is 7.15. The van der Waals surface area contributed by atoms with E-state index < -0.39 is 0 Å². The van der Waals surface area contributed by atoms with Crippen molar-refractivity contribution in [1.82, 2.24) is 0 Å². The van der Waals surface area contributed by atoms with Crippen molar-refractivity contribution in [3.05, 3.63) is 35.4 Å². The molecule has 1 heterocycles. The number of rotatable bonds is 3. The average Bonchev–Trinajstić information content (AvgIpc) is 3.11. The molecule has 2 aliphatic rings. The number of nitrogens with zero attached hydrogens (tertiary/aromatic N) is 1. The number of hydrogen-bond donors (Lipinski definition) is 0. The molecule has 1 aromatic carbocycles. The third kappa shape index (κ3) is 2.36. The molecular weight excluding hydrogens is 238 g/mol. The van der Waals surface area contributed by atoms with E-state index in [0.717, 1.165) is 50.7 Å². The summed E-state index contributed by atoms with van der Waals surface area (Å²) >= 11 is 0. The van der Waals surface area contributed by atoms with Crippen molar-refractivity contribution in [3.8, 4) is 0 Å². The van der Waals surface area contributed by atoms with E-state index >= 15 is 0 Å². The monoisotopic (exact) mass is 257 g/mol. The molecule has 3 rings (SSSR count). The lowest BCUT2D eigenvalue weighted by molar-refractivity contribution is 0.112. The quantitative estimate of drug-likeness (QED) is 0.612. The maximum absolute atomic E-state index is 10.7. The van der Waals surface area contributed by atoms with Gasteiger partial charge in [-0.2, -0.15) is 4.99 Å². The van der Waals surface area contributed by atoms with E-state index in [1.165, 1.54) is 5.56 Å². The lowest BCUT2D eigenvalue weighted by Gasteiger charge is -2.23. The lowest BCUT2D eigenvalue weighted by Crippen LogP contribution is -2.18. The number of ether oxygens (including phenoxy) is 1. The Morgan fingerprint density at radius 1 is 1.16 bits per heavy atom. The predicted octanol–water partition coefficient (Wildman–Crippen LogP) is 3.64. The van der Waals surface area contributed by atoms with Crippen LogP contribution in [0.3, 0.4) is 0 Å². The second-order valence-corrected chi connectivity index (χ2v) is 5.57. The standard InChI is InChI=1S/C16H19NO2/c18-12-17-16(9-1-2-10-16)14-7-5-13(6-8-14)15-4-3-11-19-15/h5-8,15H,1-4,9-11H2. The van der Waals surface area contributed by atoms with E-state index in [9.17, 15) is 4.79 Å². The highest BCUT2D eigenvalue weighted by Crippen LogP contribution is 2.42. The lowest BCUT2D eigenvalue weighted by atomic mass is 9.88. The molecule has 0 amide bonds. The van der Waals surface area contributed by atoms with Crippen LogP contribution >= 0.6 is 0 Å². The van der Waals surface area contributed by atoms with Gasteiger partial charge in [0, 0.05) is 6.61 Å². The smallest absolute Gasteiger partial charge is 0.235 e. The van der Waals surface area contributed by atoms with Crippen LogP contribution in [0.1, 0.15) is 55.8 Å². The predicted molar refractivity (Wildman–Crippen MR) is 72.6 cm³/mol. The number of carbonyl (C=O) groups excluding carboxylic acids is 1. The molecular formula is C16H19NO2. The van der Waals surface area contributed by atoms with E-state index in [4.69, 9.17) is 4.74 Å². The van der Waals surface area contributed by atoms with Crippen molar-refractivity contribution < 1.29 is 9.53 Å². The molecule has 100 valence electrons. The molecule has 1 aromatic rings. The van der Waals surface area contributed by atoms with Gasteiger partial charge in [0.05, 0.1) is 11.6 Å². The summed E-state index contributed by atoms with van der Waals surface area (Å²) in [5.74, 6) is 0. The SMILES string of the molecule is O=C=NC1(c2ccc(C3CCCO3)cc2)CCCC1. The topological polar surface area (TPSA) is 38.7 Å². The Bertz CT molecular complexity index is 476. The molecule has 1 saturated heterocycles. The summed E-state index contributed by atoms with van der Waals surface area (Å²) in [7, 11) is 0. The molecule has 1 unspecified atom stereocenters. The zero-order valence-corrected chi connectivity index (χ0v) is 11.1. The van der Waals surface area contributed by atoms with Crippen molar-refractivity contribution in [2.45, 2.75) is 50.2 Å². The zero-order valence-electron chi connectivity index (χ0n) is 11.1. The second kappa shape index (κ2) is 5.28. The van der Waals surface area contributed by atoms with E-state index in [2.05, 4.69) is 29.3 Å². The fourth-order valence-corrected chi connectivity index (χ4v) is 3.36. The van der Waals surface area contributed by atoms with Gasteiger partial charge < -0.3 is 4.74 Å². The third-order valence-electron chi connectivity index (χ3n) is 4.44. The van der Waals surface area contributed by atoms with Crippen LogP contribution in [0.4, 0.5) is 0 Å². The Morgan fingerprint density at radius 3 is 2.47 bits per heavy atom. The molecule has 3 heteroatoms. The van der Waals surface area contributed by atoms with Crippen molar-refractivity contribution in [2.24, 2.45) is 4.99 Å². The molecule has 1 aliphatic heterocycles. The number of isocyanates is 1. The molecule has 0 spiro atoms. The van der Waals surface area contributed by atoms with Gasteiger partial charge in [-0.05, 0) is 36.8 Å². The average molecular weight is 257 g/mol. The Labute approximate surface area is 113 Å². The Kier molecular flexibility index (Phi) is 3.50. The molecule has 19 heavy (non-hydrogen) atoms. The molecule has 1 atom stereocenters. The summed E-state index contributed by atoms with van der Waals surface area (Å²) in [5.41, 5.74) is 2.08. The van der Waals surface area contributed by atoms with E-state index in [-0.39, 0.29) is 11.6 Å². The molecule has 0 radical (unpaired) electrons. The summed E-state index contributed by atoms with van der Waals surface area (Å²) in [6.45, 7) is 0.867. The zero-order chi connectivity index (χ0) is 13.1. The molecule has 0 N–H and O–H groups in total. The maximum Gasteiger partial charge on any atom is 0.235 e. The Hall–Kier alpha value is -1.44. The van der Waals surface area contributed by atoms with Crippen LogP contribution in [0.25, 0.3) is 0 Å². The van der Waals surface area contributed by atoms with Crippen molar-refractivity contribution in [2.75, 3.05) is 6.61 Å². The molecule has 1 aliphatic carbocycles. The number of aliphatic imine (C=N–C) groups is 1. The Balaban J connectivity index is 1.86. The van der Waals surface area contributed by atoms with Gasteiger partial charge in [0.2, 0.25) is 6.08 Å². The summed E-state index contributed by atoms with van der Waals surface area (Å²) in [4.78, 5) is 14.8. The van der Waals surface area contributed by atoms with E-state index in [0.29, 0.717) is 0 Å². The fraction of sp³-hybridized carbons (Fsp3) is 0.562. The first-order chi connectivity index (χ1) is 9.34. The summed E-state index contributed by atoms with van der Waals surface area (Å²) in [6, 6.07) is 8.49. The van der Waals surface area contributed by atoms with Crippen LogP contribution in [0, 0.1) is 0 Å². The number of hydrogen-bond acceptors (Lipinski definition) is 3. The third-order valence-corrected chi connectivity index (χ3v) is 4.44. The highest BCUT2D eigenvalue weighted by atomic mass is 16.5. The highest BCUT2D eigenvalue weighted by Gasteiger charge is 2.35. The first-order valence-electron chi connectivity index (χ1n) is 7.15.